The van der Waals surface area contributed by atoms with E-state index in [-0.39, 0.29) is 11.9 Å². The van der Waals surface area contributed by atoms with Gasteiger partial charge < -0.3 is 15.8 Å². The van der Waals surface area contributed by atoms with E-state index in [0.29, 0.717) is 6.42 Å². The van der Waals surface area contributed by atoms with Crippen LogP contribution in [0.25, 0.3) is 0 Å². The largest absolute Gasteiger partial charge is 0.457 e. The van der Waals surface area contributed by atoms with E-state index in [1.54, 1.807) is 0 Å². The molecule has 1 aliphatic rings. The third-order valence-corrected chi connectivity index (χ3v) is 3.61. The van der Waals surface area contributed by atoms with Gasteiger partial charge in [0.2, 0.25) is 5.91 Å². The van der Waals surface area contributed by atoms with Crippen LogP contribution in [0.3, 0.4) is 0 Å². The van der Waals surface area contributed by atoms with Gasteiger partial charge in [-0.05, 0) is 43.2 Å². The van der Waals surface area contributed by atoms with E-state index >= 15 is 0 Å². The molecule has 0 radical (unpaired) electrons. The molecule has 1 heterocycles. The van der Waals surface area contributed by atoms with Gasteiger partial charge in [0.05, 0.1) is 0 Å². The van der Waals surface area contributed by atoms with Gasteiger partial charge in [-0.25, -0.2) is 0 Å². The Morgan fingerprint density at radius 3 is 2.81 bits per heavy atom. The first-order valence-electron chi connectivity index (χ1n) is 7.08. The highest BCUT2D eigenvalue weighted by Crippen LogP contribution is 2.32. The predicted molar refractivity (Wildman–Crippen MR) is 82.5 cm³/mol. The highest BCUT2D eigenvalue weighted by molar-refractivity contribution is 5.94. The van der Waals surface area contributed by atoms with Gasteiger partial charge in [-0.2, -0.15) is 0 Å². The molecule has 1 amide bonds. The third-order valence-electron chi connectivity index (χ3n) is 3.61. The maximum absolute atomic E-state index is 11.4. The van der Waals surface area contributed by atoms with Crippen LogP contribution in [0.5, 0.6) is 11.5 Å². The summed E-state index contributed by atoms with van der Waals surface area (Å²) in [5.41, 5.74) is 8.92. The summed E-state index contributed by atoms with van der Waals surface area (Å²) in [5, 5.41) is 2.87. The fourth-order valence-electron chi connectivity index (χ4n) is 2.50. The second kappa shape index (κ2) is 5.58. The third kappa shape index (κ3) is 2.90. The van der Waals surface area contributed by atoms with Gasteiger partial charge in [0.15, 0.2) is 0 Å². The van der Waals surface area contributed by atoms with Crippen LogP contribution < -0.4 is 15.8 Å². The van der Waals surface area contributed by atoms with Crippen LogP contribution in [-0.2, 0) is 11.2 Å². The number of anilines is 1. The maximum Gasteiger partial charge on any atom is 0.224 e. The second-order valence-corrected chi connectivity index (χ2v) is 5.30. The molecule has 1 atom stereocenters. The van der Waals surface area contributed by atoms with Crippen molar-refractivity contribution in [2.75, 3.05) is 5.32 Å². The molecule has 2 aromatic carbocycles. The SMILES string of the molecule is CC(N)c1ccccc1Oc1ccc2c(c1)CCC(=O)N2. The average molecular weight is 282 g/mol. The van der Waals surface area contributed by atoms with Crippen molar-refractivity contribution in [3.8, 4) is 11.5 Å². The molecule has 21 heavy (non-hydrogen) atoms. The number of carbonyl (C=O) groups is 1. The summed E-state index contributed by atoms with van der Waals surface area (Å²) in [7, 11) is 0. The average Bonchev–Trinajstić information content (AvgIpc) is 2.48. The first-order valence-corrected chi connectivity index (χ1v) is 7.08. The van der Waals surface area contributed by atoms with Crippen molar-refractivity contribution in [3.63, 3.8) is 0 Å². The molecular formula is C17H18N2O2. The van der Waals surface area contributed by atoms with Crippen LogP contribution in [0.4, 0.5) is 5.69 Å². The van der Waals surface area contributed by atoms with Gasteiger partial charge in [0.25, 0.3) is 0 Å². The number of nitrogens with one attached hydrogen (secondary N) is 1. The van der Waals surface area contributed by atoms with Crippen LogP contribution >= 0.6 is 0 Å². The molecule has 0 aromatic heterocycles. The number of aryl methyl sites for hydroxylation is 1. The summed E-state index contributed by atoms with van der Waals surface area (Å²) in [4.78, 5) is 11.4. The fourth-order valence-corrected chi connectivity index (χ4v) is 2.50. The first kappa shape index (κ1) is 13.6. The molecule has 3 N–H and O–H groups in total. The van der Waals surface area contributed by atoms with Crippen molar-refractivity contribution in [1.82, 2.24) is 0 Å². The van der Waals surface area contributed by atoms with Gasteiger partial charge in [-0.3, -0.25) is 4.79 Å². The highest BCUT2D eigenvalue weighted by Gasteiger charge is 2.16. The summed E-state index contributed by atoms with van der Waals surface area (Å²) in [6.45, 7) is 1.94. The Bertz CT molecular complexity index is 680. The highest BCUT2D eigenvalue weighted by atomic mass is 16.5. The van der Waals surface area contributed by atoms with E-state index in [2.05, 4.69) is 5.32 Å². The van der Waals surface area contributed by atoms with E-state index in [1.165, 1.54) is 0 Å². The van der Waals surface area contributed by atoms with E-state index in [9.17, 15) is 4.79 Å². The molecule has 2 aromatic rings. The van der Waals surface area contributed by atoms with Gasteiger partial charge in [0, 0.05) is 23.7 Å². The molecule has 0 spiro atoms. The molecule has 0 bridgehead atoms. The number of fused-ring (bicyclic) bond motifs is 1. The quantitative estimate of drug-likeness (QED) is 0.907. The van der Waals surface area contributed by atoms with Crippen LogP contribution in [-0.4, -0.2) is 5.91 Å². The molecule has 0 fully saturated rings. The zero-order valence-electron chi connectivity index (χ0n) is 11.9. The van der Waals surface area contributed by atoms with Crippen molar-refractivity contribution < 1.29 is 9.53 Å². The fraction of sp³-hybridized carbons (Fsp3) is 0.235. The topological polar surface area (TPSA) is 64.3 Å². The predicted octanol–water partition coefficient (Wildman–Crippen LogP) is 3.38. The number of benzene rings is 2. The number of para-hydroxylation sites is 1. The number of hydrogen-bond acceptors (Lipinski definition) is 3. The Labute approximate surface area is 123 Å². The van der Waals surface area contributed by atoms with Crippen molar-refractivity contribution in [3.05, 3.63) is 53.6 Å². The molecule has 108 valence electrons. The number of amides is 1. The van der Waals surface area contributed by atoms with E-state index in [0.717, 1.165) is 34.7 Å². The minimum absolute atomic E-state index is 0.0680. The Balaban J connectivity index is 1.88. The van der Waals surface area contributed by atoms with Crippen LogP contribution in [0.1, 0.15) is 30.5 Å². The van der Waals surface area contributed by atoms with Gasteiger partial charge in [-0.15, -0.1) is 0 Å². The van der Waals surface area contributed by atoms with Crippen molar-refractivity contribution in [2.45, 2.75) is 25.8 Å². The number of hydrogen-bond donors (Lipinski definition) is 2. The Hall–Kier alpha value is -2.33. The summed E-state index contributed by atoms with van der Waals surface area (Å²) in [5.74, 6) is 1.60. The standard InChI is InChI=1S/C17H18N2O2/c1-11(18)14-4-2-3-5-16(14)21-13-7-8-15-12(10-13)6-9-17(20)19-15/h2-5,7-8,10-11H,6,9,18H2,1H3,(H,19,20). The molecule has 0 saturated carbocycles. The van der Waals surface area contributed by atoms with E-state index < -0.39 is 0 Å². The lowest BCUT2D eigenvalue weighted by Gasteiger charge is -2.18. The van der Waals surface area contributed by atoms with Crippen molar-refractivity contribution in [2.24, 2.45) is 5.73 Å². The number of rotatable bonds is 3. The molecule has 4 heteroatoms. The lowest BCUT2D eigenvalue weighted by atomic mass is 10.0. The summed E-state index contributed by atoms with van der Waals surface area (Å²) in [6.07, 6.45) is 1.26. The Morgan fingerprint density at radius 2 is 2.00 bits per heavy atom. The van der Waals surface area contributed by atoms with E-state index in [1.807, 2.05) is 49.4 Å². The molecular weight excluding hydrogens is 264 g/mol. The molecule has 1 aliphatic heterocycles. The molecule has 3 rings (SSSR count). The normalized spacial score (nSPS) is 15.0. The van der Waals surface area contributed by atoms with Crippen LogP contribution in [0.15, 0.2) is 42.5 Å². The lowest BCUT2D eigenvalue weighted by Crippen LogP contribution is -2.18. The maximum atomic E-state index is 11.4. The Morgan fingerprint density at radius 1 is 1.19 bits per heavy atom. The first-order chi connectivity index (χ1) is 10.1. The van der Waals surface area contributed by atoms with E-state index in [4.69, 9.17) is 10.5 Å². The minimum Gasteiger partial charge on any atom is -0.457 e. The molecule has 0 aliphatic carbocycles. The van der Waals surface area contributed by atoms with Crippen LogP contribution in [0.2, 0.25) is 0 Å². The summed E-state index contributed by atoms with van der Waals surface area (Å²) in [6, 6.07) is 13.4. The number of carbonyl (C=O) groups excluding carboxylic acids is 1. The summed E-state index contributed by atoms with van der Waals surface area (Å²) < 4.78 is 5.97. The molecule has 1 unspecified atom stereocenters. The zero-order valence-corrected chi connectivity index (χ0v) is 11.9. The second-order valence-electron chi connectivity index (χ2n) is 5.30. The van der Waals surface area contributed by atoms with Crippen molar-refractivity contribution >= 4 is 11.6 Å². The Kier molecular flexibility index (Phi) is 3.62. The smallest absolute Gasteiger partial charge is 0.224 e. The monoisotopic (exact) mass is 282 g/mol. The molecule has 4 nitrogen and oxygen atoms in total. The van der Waals surface area contributed by atoms with Gasteiger partial charge in [-0.1, -0.05) is 18.2 Å². The molecule has 0 saturated heterocycles. The van der Waals surface area contributed by atoms with Crippen LogP contribution in [0, 0.1) is 0 Å². The van der Waals surface area contributed by atoms with Gasteiger partial charge >= 0.3 is 0 Å². The van der Waals surface area contributed by atoms with Gasteiger partial charge in [0.1, 0.15) is 11.5 Å². The van der Waals surface area contributed by atoms with Crippen molar-refractivity contribution in [1.29, 1.82) is 0 Å². The number of nitrogens with two attached hydrogens (primary N) is 1. The lowest BCUT2D eigenvalue weighted by molar-refractivity contribution is -0.116. The minimum atomic E-state index is -0.0851. The zero-order chi connectivity index (χ0) is 14.8. The summed E-state index contributed by atoms with van der Waals surface area (Å²) >= 11 is 0. The number of ether oxygens (including phenoxy) is 1.